The summed E-state index contributed by atoms with van der Waals surface area (Å²) in [5.74, 6) is -0.238. The summed E-state index contributed by atoms with van der Waals surface area (Å²) < 4.78 is 13.7. The predicted octanol–water partition coefficient (Wildman–Crippen LogP) is 3.00. The number of benzene rings is 1. The minimum absolute atomic E-state index is 0.261. The van der Waals surface area contributed by atoms with Crippen molar-refractivity contribution in [3.63, 3.8) is 0 Å². The van der Waals surface area contributed by atoms with Crippen LogP contribution in [0, 0.1) is 5.82 Å². The number of nitrogens with zero attached hydrogens (tertiary/aromatic N) is 1. The molecule has 0 aliphatic carbocycles. The third kappa shape index (κ3) is 3.37. The zero-order valence-electron chi connectivity index (χ0n) is 14.2. The lowest BCUT2D eigenvalue weighted by Gasteiger charge is -2.07. The zero-order chi connectivity index (χ0) is 18.8. The Hall–Kier alpha value is -3.68. The Labute approximate surface area is 153 Å². The second-order valence-corrected chi connectivity index (χ2v) is 6.05. The first-order valence-corrected chi connectivity index (χ1v) is 8.39. The lowest BCUT2D eigenvalue weighted by Crippen LogP contribution is -2.24. The zero-order valence-corrected chi connectivity index (χ0v) is 14.2. The van der Waals surface area contributed by atoms with Gasteiger partial charge in [-0.25, -0.2) is 14.2 Å². The molecule has 2 aromatic heterocycles. The van der Waals surface area contributed by atoms with Crippen molar-refractivity contribution in [1.82, 2.24) is 20.6 Å². The molecule has 4 N–H and O–H groups in total. The van der Waals surface area contributed by atoms with E-state index in [2.05, 4.69) is 25.9 Å². The van der Waals surface area contributed by atoms with Crippen LogP contribution in [-0.2, 0) is 0 Å². The first kappa shape index (κ1) is 16.8. The van der Waals surface area contributed by atoms with Crippen LogP contribution in [0.3, 0.4) is 0 Å². The number of aromatic amines is 1. The summed E-state index contributed by atoms with van der Waals surface area (Å²) in [4.78, 5) is 31.5. The van der Waals surface area contributed by atoms with Gasteiger partial charge in [-0.2, -0.15) is 0 Å². The maximum absolute atomic E-state index is 13.7. The molecule has 0 spiro atoms. The van der Waals surface area contributed by atoms with Crippen LogP contribution in [0.4, 0.5) is 15.0 Å². The average Bonchev–Trinajstić information content (AvgIpc) is 2.96. The normalized spacial score (nSPS) is 15.1. The molecule has 8 heteroatoms. The van der Waals surface area contributed by atoms with E-state index in [0.29, 0.717) is 40.9 Å². The van der Waals surface area contributed by atoms with Crippen molar-refractivity contribution in [3.05, 3.63) is 65.9 Å². The molecule has 0 saturated carbocycles. The van der Waals surface area contributed by atoms with E-state index in [4.69, 9.17) is 0 Å². The Balaban J connectivity index is 1.67. The number of hydrogen-bond acceptors (Lipinski definition) is 3. The molecule has 7 nitrogen and oxygen atoms in total. The Morgan fingerprint density at radius 3 is 2.96 bits per heavy atom. The third-order valence-corrected chi connectivity index (χ3v) is 4.27. The number of halogens is 1. The number of aromatic nitrogens is 2. The minimum atomic E-state index is -0.461. The Kier molecular flexibility index (Phi) is 4.29. The standard InChI is InChI=1S/C19H16FN5O2/c20-12-4-5-14-13(9-12)16-11(6-8-22-18(26)17(16)24-14)10-23-19(27)25-15-3-1-2-7-21-15/h1-5,7,9-10,24H,6,8H2,(H,22,26)(H2,21,23,25,27)/b11-10+. The average molecular weight is 365 g/mol. The van der Waals surface area contributed by atoms with Gasteiger partial charge in [0.25, 0.3) is 5.91 Å². The quantitative estimate of drug-likeness (QED) is 0.562. The van der Waals surface area contributed by atoms with Crippen LogP contribution in [0.5, 0.6) is 0 Å². The lowest BCUT2D eigenvalue weighted by atomic mass is 10.0. The van der Waals surface area contributed by atoms with Gasteiger partial charge in [0.05, 0.1) is 0 Å². The number of pyridine rings is 1. The number of hydrogen-bond donors (Lipinski definition) is 4. The van der Waals surface area contributed by atoms with Gasteiger partial charge in [-0.15, -0.1) is 0 Å². The van der Waals surface area contributed by atoms with Crippen molar-refractivity contribution in [1.29, 1.82) is 0 Å². The van der Waals surface area contributed by atoms with E-state index < -0.39 is 11.8 Å². The maximum atomic E-state index is 13.7. The number of H-pyrrole nitrogens is 1. The number of anilines is 1. The van der Waals surface area contributed by atoms with E-state index in [0.717, 1.165) is 5.57 Å². The number of rotatable bonds is 2. The van der Waals surface area contributed by atoms with E-state index in [1.807, 2.05) is 0 Å². The second-order valence-electron chi connectivity index (χ2n) is 6.05. The molecule has 1 aliphatic heterocycles. The van der Waals surface area contributed by atoms with Crippen LogP contribution >= 0.6 is 0 Å². The highest BCUT2D eigenvalue weighted by Crippen LogP contribution is 2.32. The number of urea groups is 1. The van der Waals surface area contributed by atoms with Crippen molar-refractivity contribution < 1.29 is 14.0 Å². The molecule has 0 atom stereocenters. The monoisotopic (exact) mass is 365 g/mol. The summed E-state index contributed by atoms with van der Waals surface area (Å²) in [5.41, 5.74) is 2.32. The van der Waals surface area contributed by atoms with Gasteiger partial charge in [0.2, 0.25) is 0 Å². The van der Waals surface area contributed by atoms with E-state index in [1.54, 1.807) is 30.5 Å². The SMILES string of the molecule is O=C(N/C=C1\CCNC(=O)c2[nH]c3ccc(F)cc3c21)Nc1ccccn1. The topological polar surface area (TPSA) is 98.9 Å². The van der Waals surface area contributed by atoms with Crippen LogP contribution in [0.15, 0.2) is 48.8 Å². The van der Waals surface area contributed by atoms with Gasteiger partial charge in [-0.05, 0) is 42.3 Å². The van der Waals surface area contributed by atoms with Crippen molar-refractivity contribution in [2.75, 3.05) is 11.9 Å². The van der Waals surface area contributed by atoms with E-state index in [9.17, 15) is 14.0 Å². The number of amides is 3. The first-order valence-electron chi connectivity index (χ1n) is 8.39. The van der Waals surface area contributed by atoms with Crippen LogP contribution in [0.1, 0.15) is 22.5 Å². The van der Waals surface area contributed by atoms with Gasteiger partial charge >= 0.3 is 6.03 Å². The highest BCUT2D eigenvalue weighted by atomic mass is 19.1. The molecule has 3 amide bonds. The van der Waals surface area contributed by atoms with Gasteiger partial charge in [-0.3, -0.25) is 10.1 Å². The molecular weight excluding hydrogens is 349 g/mol. The van der Waals surface area contributed by atoms with Gasteiger partial charge < -0.3 is 15.6 Å². The maximum Gasteiger partial charge on any atom is 0.324 e. The smallest absolute Gasteiger partial charge is 0.324 e. The fourth-order valence-electron chi connectivity index (χ4n) is 3.08. The predicted molar refractivity (Wildman–Crippen MR) is 99.6 cm³/mol. The molecule has 3 aromatic rings. The van der Waals surface area contributed by atoms with Crippen LogP contribution < -0.4 is 16.0 Å². The van der Waals surface area contributed by atoms with E-state index in [-0.39, 0.29) is 5.91 Å². The molecule has 3 heterocycles. The van der Waals surface area contributed by atoms with Crippen molar-refractivity contribution in [2.24, 2.45) is 0 Å². The minimum Gasteiger partial charge on any atom is -0.350 e. The molecule has 1 aliphatic rings. The molecular formula is C19H16FN5O2. The summed E-state index contributed by atoms with van der Waals surface area (Å²) in [6.45, 7) is 0.410. The van der Waals surface area contributed by atoms with E-state index in [1.165, 1.54) is 18.3 Å². The van der Waals surface area contributed by atoms with Crippen LogP contribution in [0.25, 0.3) is 16.5 Å². The highest BCUT2D eigenvalue weighted by molar-refractivity contribution is 6.07. The molecule has 0 fully saturated rings. The highest BCUT2D eigenvalue weighted by Gasteiger charge is 2.24. The second kappa shape index (κ2) is 6.91. The number of fused-ring (bicyclic) bond motifs is 3. The van der Waals surface area contributed by atoms with Crippen LogP contribution in [-0.4, -0.2) is 28.5 Å². The van der Waals surface area contributed by atoms with Crippen molar-refractivity contribution in [2.45, 2.75) is 6.42 Å². The van der Waals surface area contributed by atoms with Crippen molar-refractivity contribution >= 4 is 34.2 Å². The largest absolute Gasteiger partial charge is 0.350 e. The molecule has 0 unspecified atom stereocenters. The number of nitrogens with one attached hydrogen (secondary N) is 4. The first-order chi connectivity index (χ1) is 13.1. The van der Waals surface area contributed by atoms with E-state index >= 15 is 0 Å². The van der Waals surface area contributed by atoms with Crippen LogP contribution in [0.2, 0.25) is 0 Å². The summed E-state index contributed by atoms with van der Waals surface area (Å²) in [7, 11) is 0. The van der Waals surface area contributed by atoms with Gasteiger partial charge in [-0.1, -0.05) is 6.07 Å². The summed E-state index contributed by atoms with van der Waals surface area (Å²) in [6.07, 6.45) is 3.60. The Morgan fingerprint density at radius 1 is 1.26 bits per heavy atom. The van der Waals surface area contributed by atoms with Gasteiger partial charge in [0, 0.05) is 35.4 Å². The van der Waals surface area contributed by atoms with Crippen molar-refractivity contribution in [3.8, 4) is 0 Å². The summed E-state index contributed by atoms with van der Waals surface area (Å²) >= 11 is 0. The molecule has 1 aromatic carbocycles. The fourth-order valence-corrected chi connectivity index (χ4v) is 3.08. The van der Waals surface area contributed by atoms with Gasteiger partial charge in [0.1, 0.15) is 17.3 Å². The Bertz CT molecular complexity index is 1060. The molecule has 0 bridgehead atoms. The van der Waals surface area contributed by atoms with Gasteiger partial charge in [0.15, 0.2) is 0 Å². The molecule has 0 radical (unpaired) electrons. The summed E-state index contributed by atoms with van der Waals surface area (Å²) in [6, 6.07) is 9.02. The molecule has 0 saturated heterocycles. The summed E-state index contributed by atoms with van der Waals surface area (Å²) in [5, 5.41) is 8.66. The molecule has 136 valence electrons. The lowest BCUT2D eigenvalue weighted by molar-refractivity contribution is 0.0952. The number of carbonyl (C=O) groups excluding carboxylic acids is 2. The molecule has 4 rings (SSSR count). The fraction of sp³-hybridized carbons (Fsp3) is 0.105. The molecule has 27 heavy (non-hydrogen) atoms. The third-order valence-electron chi connectivity index (χ3n) is 4.27. The Morgan fingerprint density at radius 2 is 2.15 bits per heavy atom. The number of carbonyl (C=O) groups is 2.